The van der Waals surface area contributed by atoms with Crippen molar-refractivity contribution in [2.45, 2.75) is 19.6 Å². The second-order valence-electron chi connectivity index (χ2n) is 8.67. The minimum atomic E-state index is 0.497. The number of aromatic nitrogens is 1. The Morgan fingerprint density at radius 2 is 1.71 bits per heavy atom. The molecule has 2 heterocycles. The van der Waals surface area contributed by atoms with Gasteiger partial charge in [0, 0.05) is 17.5 Å². The fourth-order valence-electron chi connectivity index (χ4n) is 4.95. The molecule has 4 heteroatoms. The van der Waals surface area contributed by atoms with Crippen LogP contribution in [-0.2, 0) is 19.6 Å². The van der Waals surface area contributed by atoms with Gasteiger partial charge in [0.15, 0.2) is 11.5 Å². The zero-order chi connectivity index (χ0) is 22.9. The van der Waals surface area contributed by atoms with Gasteiger partial charge < -0.3 is 14.8 Å². The molecule has 0 amide bonds. The molecule has 0 radical (unpaired) electrons. The Balaban J connectivity index is 1.45. The van der Waals surface area contributed by atoms with Crippen molar-refractivity contribution in [3.05, 3.63) is 102 Å². The van der Waals surface area contributed by atoms with E-state index >= 15 is 0 Å². The molecule has 0 saturated heterocycles. The molecule has 4 aromatic carbocycles. The maximum absolute atomic E-state index is 6.08. The number of hydrogen-bond donors (Lipinski definition) is 1. The average molecular weight is 447 g/mol. The van der Waals surface area contributed by atoms with Crippen LogP contribution in [-0.4, -0.2) is 18.6 Å². The minimum Gasteiger partial charge on any atom is -0.493 e. The second kappa shape index (κ2) is 8.81. The van der Waals surface area contributed by atoms with Crippen molar-refractivity contribution in [3.63, 3.8) is 0 Å². The molecule has 6 rings (SSSR count). The van der Waals surface area contributed by atoms with Crippen molar-refractivity contribution in [2.24, 2.45) is 0 Å². The lowest BCUT2D eigenvalue weighted by Gasteiger charge is -2.23. The van der Waals surface area contributed by atoms with Crippen molar-refractivity contribution in [2.75, 3.05) is 13.7 Å². The zero-order valence-corrected chi connectivity index (χ0v) is 19.2. The van der Waals surface area contributed by atoms with Gasteiger partial charge in [-0.1, -0.05) is 60.7 Å². The Hall–Kier alpha value is -3.89. The second-order valence-corrected chi connectivity index (χ2v) is 8.67. The van der Waals surface area contributed by atoms with Crippen LogP contribution >= 0.6 is 0 Å². The van der Waals surface area contributed by atoms with Crippen molar-refractivity contribution in [3.8, 4) is 22.8 Å². The van der Waals surface area contributed by atoms with Crippen LogP contribution in [0, 0.1) is 0 Å². The highest BCUT2D eigenvalue weighted by Gasteiger charge is 2.21. The van der Waals surface area contributed by atoms with E-state index in [9.17, 15) is 0 Å². The van der Waals surface area contributed by atoms with Crippen LogP contribution in [0.5, 0.6) is 11.5 Å². The highest BCUT2D eigenvalue weighted by atomic mass is 16.5. The summed E-state index contributed by atoms with van der Waals surface area (Å²) in [6, 6.07) is 29.2. The summed E-state index contributed by atoms with van der Waals surface area (Å²) in [5, 5.41) is 7.37. The highest BCUT2D eigenvalue weighted by Crippen LogP contribution is 2.38. The fourth-order valence-corrected chi connectivity index (χ4v) is 4.95. The molecule has 0 unspecified atom stereocenters. The van der Waals surface area contributed by atoms with Gasteiger partial charge in [-0.3, -0.25) is 0 Å². The predicted molar refractivity (Wildman–Crippen MR) is 137 cm³/mol. The molecule has 0 bridgehead atoms. The third kappa shape index (κ3) is 3.66. The van der Waals surface area contributed by atoms with Gasteiger partial charge in [0.1, 0.15) is 6.61 Å². The quantitative estimate of drug-likeness (QED) is 0.322. The summed E-state index contributed by atoms with van der Waals surface area (Å²) in [4.78, 5) is 5.17. The number of pyridine rings is 1. The number of hydrogen-bond acceptors (Lipinski definition) is 4. The molecule has 34 heavy (non-hydrogen) atoms. The molecule has 0 spiro atoms. The monoisotopic (exact) mass is 446 g/mol. The maximum Gasteiger partial charge on any atom is 0.161 e. The van der Waals surface area contributed by atoms with E-state index < -0.39 is 0 Å². The Morgan fingerprint density at radius 3 is 2.59 bits per heavy atom. The summed E-state index contributed by atoms with van der Waals surface area (Å²) < 4.78 is 11.8. The third-order valence-electron chi connectivity index (χ3n) is 6.62. The van der Waals surface area contributed by atoms with Crippen LogP contribution < -0.4 is 14.8 Å². The van der Waals surface area contributed by atoms with E-state index in [1.165, 1.54) is 27.3 Å². The first-order chi connectivity index (χ1) is 16.8. The lowest BCUT2D eigenvalue weighted by Crippen LogP contribution is -2.25. The van der Waals surface area contributed by atoms with Crippen LogP contribution in [0.4, 0.5) is 0 Å². The van der Waals surface area contributed by atoms with E-state index in [-0.39, 0.29) is 0 Å². The van der Waals surface area contributed by atoms with Crippen molar-refractivity contribution in [1.82, 2.24) is 10.3 Å². The topological polar surface area (TPSA) is 43.4 Å². The van der Waals surface area contributed by atoms with Crippen molar-refractivity contribution >= 4 is 21.7 Å². The van der Waals surface area contributed by atoms with Crippen LogP contribution in [0.25, 0.3) is 32.9 Å². The van der Waals surface area contributed by atoms with Gasteiger partial charge in [0.05, 0.1) is 18.3 Å². The van der Waals surface area contributed by atoms with Gasteiger partial charge in [-0.15, -0.1) is 0 Å². The van der Waals surface area contributed by atoms with Gasteiger partial charge >= 0.3 is 0 Å². The van der Waals surface area contributed by atoms with Gasteiger partial charge in [0.2, 0.25) is 0 Å². The summed E-state index contributed by atoms with van der Waals surface area (Å²) in [5.41, 5.74) is 6.89. The van der Waals surface area contributed by atoms with E-state index in [0.29, 0.717) is 12.4 Å². The molecule has 1 N–H and O–H groups in total. The number of methoxy groups -OCH3 is 1. The normalized spacial score (nSPS) is 13.1. The van der Waals surface area contributed by atoms with Crippen LogP contribution in [0.1, 0.15) is 16.7 Å². The molecule has 0 atom stereocenters. The van der Waals surface area contributed by atoms with E-state index in [1.54, 1.807) is 7.11 Å². The highest BCUT2D eigenvalue weighted by molar-refractivity contribution is 6.09. The van der Waals surface area contributed by atoms with Gasteiger partial charge in [-0.25, -0.2) is 4.98 Å². The van der Waals surface area contributed by atoms with Crippen LogP contribution in [0.15, 0.2) is 84.9 Å². The number of nitrogens with zero attached hydrogens (tertiary/aromatic N) is 1. The summed E-state index contributed by atoms with van der Waals surface area (Å²) in [7, 11) is 1.69. The molecule has 1 aliphatic rings. The van der Waals surface area contributed by atoms with E-state index in [2.05, 4.69) is 59.9 Å². The Morgan fingerprint density at radius 1 is 0.853 bits per heavy atom. The van der Waals surface area contributed by atoms with E-state index in [4.69, 9.17) is 14.5 Å². The molecule has 1 aliphatic heterocycles. The number of fused-ring (bicyclic) bond motifs is 5. The molecule has 168 valence electrons. The Kier molecular flexibility index (Phi) is 5.36. The number of nitrogens with one attached hydrogen (secondary N) is 1. The van der Waals surface area contributed by atoms with E-state index in [1.807, 2.05) is 30.3 Å². The molecular weight excluding hydrogens is 420 g/mol. The summed E-state index contributed by atoms with van der Waals surface area (Å²) in [6.07, 6.45) is 0.991. The summed E-state index contributed by atoms with van der Waals surface area (Å²) in [6.45, 7) is 2.28. The van der Waals surface area contributed by atoms with Crippen molar-refractivity contribution < 1.29 is 9.47 Å². The first kappa shape index (κ1) is 20.7. The number of benzene rings is 4. The summed E-state index contributed by atoms with van der Waals surface area (Å²) >= 11 is 0. The largest absolute Gasteiger partial charge is 0.493 e. The molecule has 0 aliphatic carbocycles. The Bertz CT molecular complexity index is 1500. The predicted octanol–water partition coefficient (Wildman–Crippen LogP) is 6.29. The van der Waals surface area contributed by atoms with Crippen LogP contribution in [0.2, 0.25) is 0 Å². The third-order valence-corrected chi connectivity index (χ3v) is 6.62. The first-order valence-electron chi connectivity index (χ1n) is 11.7. The molecular formula is C30H26N2O2. The standard InChI is InChI=1S/C30H26N2O2/c1-33-28-17-22(12-14-27(28)34-19-20-7-3-2-4-8-20)30-25-18-31-16-15-24(25)29-23-10-6-5-9-21(23)11-13-26(29)32-30/h2-14,17,31H,15-16,18-19H2,1H3. The molecule has 1 aromatic heterocycles. The Labute approximate surface area is 199 Å². The smallest absolute Gasteiger partial charge is 0.161 e. The van der Waals surface area contributed by atoms with Gasteiger partial charge in [0.25, 0.3) is 0 Å². The lowest BCUT2D eigenvalue weighted by molar-refractivity contribution is 0.284. The lowest BCUT2D eigenvalue weighted by atomic mass is 9.90. The van der Waals surface area contributed by atoms with Gasteiger partial charge in [-0.2, -0.15) is 0 Å². The average Bonchev–Trinajstić information content (AvgIpc) is 2.91. The van der Waals surface area contributed by atoms with Crippen molar-refractivity contribution in [1.29, 1.82) is 0 Å². The number of rotatable bonds is 5. The molecule has 5 aromatic rings. The molecule has 0 fully saturated rings. The van der Waals surface area contributed by atoms with E-state index in [0.717, 1.165) is 47.6 Å². The fraction of sp³-hybridized carbons (Fsp3) is 0.167. The molecule has 4 nitrogen and oxygen atoms in total. The first-order valence-corrected chi connectivity index (χ1v) is 11.7. The minimum absolute atomic E-state index is 0.497. The van der Waals surface area contributed by atoms with Crippen LogP contribution in [0.3, 0.4) is 0 Å². The zero-order valence-electron chi connectivity index (χ0n) is 19.2. The molecule has 0 saturated carbocycles. The summed E-state index contributed by atoms with van der Waals surface area (Å²) in [5.74, 6) is 1.44. The number of ether oxygens (including phenoxy) is 2. The maximum atomic E-state index is 6.08. The SMILES string of the molecule is COc1cc(-c2nc3ccc4ccccc4c3c3c2CNCC3)ccc1OCc1ccccc1. The van der Waals surface area contributed by atoms with Gasteiger partial charge in [-0.05, 0) is 64.7 Å².